The highest BCUT2D eigenvalue weighted by Crippen LogP contribution is 2.35. The Morgan fingerprint density at radius 1 is 0.947 bits per heavy atom. The van der Waals surface area contributed by atoms with Gasteiger partial charge in [0.1, 0.15) is 0 Å². The Morgan fingerprint density at radius 3 is 2.05 bits per heavy atom. The SMILES string of the molecule is CC(C)(C)C1=CC=C(c2nc(C(C)(C)C)no2)CC1. The lowest BCUT2D eigenvalue weighted by atomic mass is 9.80. The van der Waals surface area contributed by atoms with Crippen LogP contribution in [0.4, 0.5) is 0 Å². The number of nitrogens with zero attached hydrogens (tertiary/aromatic N) is 2. The van der Waals surface area contributed by atoms with Gasteiger partial charge in [0.25, 0.3) is 5.89 Å². The highest BCUT2D eigenvalue weighted by Gasteiger charge is 2.24. The summed E-state index contributed by atoms with van der Waals surface area (Å²) >= 11 is 0. The Bertz CT molecular complexity index is 522. The summed E-state index contributed by atoms with van der Waals surface area (Å²) in [5, 5.41) is 4.08. The van der Waals surface area contributed by atoms with Crippen molar-refractivity contribution in [1.29, 1.82) is 0 Å². The van der Waals surface area contributed by atoms with Crippen LogP contribution in [0.25, 0.3) is 5.57 Å². The molecule has 0 amide bonds. The number of hydrogen-bond donors (Lipinski definition) is 0. The predicted molar refractivity (Wildman–Crippen MR) is 77.7 cm³/mol. The maximum absolute atomic E-state index is 5.39. The van der Waals surface area contributed by atoms with Crippen LogP contribution in [0.3, 0.4) is 0 Å². The van der Waals surface area contributed by atoms with Gasteiger partial charge in [0.2, 0.25) is 0 Å². The van der Waals surface area contributed by atoms with Gasteiger partial charge in [-0.1, -0.05) is 64.4 Å². The van der Waals surface area contributed by atoms with Gasteiger partial charge in [-0.3, -0.25) is 0 Å². The molecule has 3 heteroatoms. The van der Waals surface area contributed by atoms with E-state index in [9.17, 15) is 0 Å². The summed E-state index contributed by atoms with van der Waals surface area (Å²) in [5.74, 6) is 1.45. The Balaban J connectivity index is 2.23. The first-order valence-electron chi connectivity index (χ1n) is 6.93. The van der Waals surface area contributed by atoms with Gasteiger partial charge in [-0.15, -0.1) is 0 Å². The van der Waals surface area contributed by atoms with Crippen molar-refractivity contribution in [1.82, 2.24) is 10.1 Å². The summed E-state index contributed by atoms with van der Waals surface area (Å²) in [6.45, 7) is 13.0. The van der Waals surface area contributed by atoms with Crippen LogP contribution in [0, 0.1) is 5.41 Å². The number of aromatic nitrogens is 2. The molecule has 1 aromatic heterocycles. The van der Waals surface area contributed by atoms with E-state index < -0.39 is 0 Å². The van der Waals surface area contributed by atoms with Crippen LogP contribution < -0.4 is 0 Å². The minimum absolute atomic E-state index is 0.0661. The van der Waals surface area contributed by atoms with E-state index in [1.54, 1.807) is 0 Å². The standard InChI is InChI=1S/C16H24N2O/c1-15(2,3)12-9-7-11(8-10-12)13-17-14(18-19-13)16(4,5)6/h7,9H,8,10H2,1-6H3. The lowest BCUT2D eigenvalue weighted by Gasteiger charge is -2.25. The van der Waals surface area contributed by atoms with Crippen LogP contribution >= 0.6 is 0 Å². The molecule has 0 atom stereocenters. The molecule has 2 rings (SSSR count). The average Bonchev–Trinajstić information content (AvgIpc) is 2.77. The quantitative estimate of drug-likeness (QED) is 0.745. The fourth-order valence-electron chi connectivity index (χ4n) is 2.10. The third-order valence-corrected chi connectivity index (χ3v) is 3.48. The zero-order valence-electron chi connectivity index (χ0n) is 12.9. The monoisotopic (exact) mass is 260 g/mol. The van der Waals surface area contributed by atoms with E-state index in [4.69, 9.17) is 4.52 Å². The Morgan fingerprint density at radius 2 is 1.63 bits per heavy atom. The lowest BCUT2D eigenvalue weighted by molar-refractivity contribution is 0.383. The number of rotatable bonds is 1. The van der Waals surface area contributed by atoms with Gasteiger partial charge >= 0.3 is 0 Å². The van der Waals surface area contributed by atoms with Gasteiger partial charge < -0.3 is 4.52 Å². The van der Waals surface area contributed by atoms with Crippen molar-refractivity contribution in [3.63, 3.8) is 0 Å². The van der Waals surface area contributed by atoms with Gasteiger partial charge in [0, 0.05) is 11.0 Å². The molecule has 0 fully saturated rings. The van der Waals surface area contributed by atoms with Crippen LogP contribution in [0.2, 0.25) is 0 Å². The fourth-order valence-corrected chi connectivity index (χ4v) is 2.10. The molecule has 0 aliphatic heterocycles. The molecule has 0 spiro atoms. The van der Waals surface area contributed by atoms with E-state index in [2.05, 4.69) is 63.8 Å². The van der Waals surface area contributed by atoms with Crippen LogP contribution in [0.1, 0.15) is 66.1 Å². The first-order valence-corrected chi connectivity index (χ1v) is 6.93. The Hall–Kier alpha value is -1.38. The summed E-state index contributed by atoms with van der Waals surface area (Å²) in [5.41, 5.74) is 2.81. The first kappa shape index (κ1) is 14.0. The maximum atomic E-state index is 5.39. The van der Waals surface area contributed by atoms with Crippen LogP contribution in [0.15, 0.2) is 22.2 Å². The van der Waals surface area contributed by atoms with Crippen LogP contribution in [-0.2, 0) is 5.41 Å². The summed E-state index contributed by atoms with van der Waals surface area (Å²) < 4.78 is 5.39. The van der Waals surface area contributed by atoms with Crippen molar-refractivity contribution in [3.05, 3.63) is 29.4 Å². The zero-order chi connectivity index (χ0) is 14.3. The Kier molecular flexibility index (Phi) is 3.41. The maximum Gasteiger partial charge on any atom is 0.253 e. The predicted octanol–water partition coefficient (Wildman–Crippen LogP) is 4.52. The van der Waals surface area contributed by atoms with Gasteiger partial charge in [-0.2, -0.15) is 4.98 Å². The summed E-state index contributed by atoms with van der Waals surface area (Å²) in [6, 6.07) is 0. The molecule has 1 aromatic rings. The Labute approximate surface area is 115 Å². The molecule has 3 nitrogen and oxygen atoms in total. The molecule has 0 unspecified atom stereocenters. The molecule has 0 aromatic carbocycles. The molecular weight excluding hydrogens is 236 g/mol. The third kappa shape index (κ3) is 3.14. The molecule has 19 heavy (non-hydrogen) atoms. The molecule has 0 saturated carbocycles. The summed E-state index contributed by atoms with van der Waals surface area (Å²) in [4.78, 5) is 4.52. The van der Waals surface area contributed by atoms with Crippen molar-refractivity contribution >= 4 is 5.57 Å². The lowest BCUT2D eigenvalue weighted by Crippen LogP contribution is -2.13. The fraction of sp³-hybridized carbons (Fsp3) is 0.625. The largest absolute Gasteiger partial charge is 0.334 e. The van der Waals surface area contributed by atoms with Crippen molar-refractivity contribution in [2.75, 3.05) is 0 Å². The van der Waals surface area contributed by atoms with E-state index in [0.717, 1.165) is 24.2 Å². The van der Waals surface area contributed by atoms with Gasteiger partial charge in [-0.25, -0.2) is 0 Å². The molecular formula is C16H24N2O. The van der Waals surface area contributed by atoms with Crippen molar-refractivity contribution in [2.24, 2.45) is 5.41 Å². The molecule has 0 N–H and O–H groups in total. The van der Waals surface area contributed by atoms with Crippen molar-refractivity contribution in [3.8, 4) is 0 Å². The molecule has 1 aliphatic carbocycles. The first-order chi connectivity index (χ1) is 8.68. The van der Waals surface area contributed by atoms with E-state index in [1.807, 2.05) is 0 Å². The second-order valence-corrected chi connectivity index (χ2v) is 7.31. The minimum atomic E-state index is -0.0661. The molecule has 0 saturated heterocycles. The minimum Gasteiger partial charge on any atom is -0.334 e. The molecule has 1 heterocycles. The summed E-state index contributed by atoms with van der Waals surface area (Å²) in [6.07, 6.45) is 6.39. The number of hydrogen-bond acceptors (Lipinski definition) is 3. The van der Waals surface area contributed by atoms with Gasteiger partial charge in [0.05, 0.1) is 0 Å². The number of allylic oxidation sites excluding steroid dienone is 4. The van der Waals surface area contributed by atoms with E-state index in [0.29, 0.717) is 5.89 Å². The van der Waals surface area contributed by atoms with Crippen molar-refractivity contribution < 1.29 is 4.52 Å². The highest BCUT2D eigenvalue weighted by molar-refractivity contribution is 5.62. The van der Waals surface area contributed by atoms with Gasteiger partial charge in [-0.05, 0) is 18.3 Å². The molecule has 104 valence electrons. The summed E-state index contributed by atoms with van der Waals surface area (Å²) in [7, 11) is 0. The normalized spacial score (nSPS) is 17.2. The smallest absolute Gasteiger partial charge is 0.253 e. The van der Waals surface area contributed by atoms with E-state index in [1.165, 1.54) is 5.57 Å². The highest BCUT2D eigenvalue weighted by atomic mass is 16.5. The van der Waals surface area contributed by atoms with E-state index in [-0.39, 0.29) is 10.8 Å². The molecule has 1 aliphatic rings. The van der Waals surface area contributed by atoms with Gasteiger partial charge in [0.15, 0.2) is 5.82 Å². The van der Waals surface area contributed by atoms with Crippen LogP contribution in [-0.4, -0.2) is 10.1 Å². The van der Waals surface area contributed by atoms with Crippen LogP contribution in [0.5, 0.6) is 0 Å². The average molecular weight is 260 g/mol. The van der Waals surface area contributed by atoms with E-state index >= 15 is 0 Å². The second kappa shape index (κ2) is 4.62. The molecule has 0 bridgehead atoms. The third-order valence-electron chi connectivity index (χ3n) is 3.48. The zero-order valence-corrected chi connectivity index (χ0v) is 12.9. The second-order valence-electron chi connectivity index (χ2n) is 7.31. The van der Waals surface area contributed by atoms with Crippen molar-refractivity contribution in [2.45, 2.75) is 59.8 Å². The topological polar surface area (TPSA) is 38.9 Å². The molecule has 0 radical (unpaired) electrons.